The Morgan fingerprint density at radius 3 is 1.82 bits per heavy atom. The van der Waals surface area contributed by atoms with E-state index in [0.29, 0.717) is 0 Å². The van der Waals surface area contributed by atoms with Gasteiger partial charge in [-0.05, 0) is 54.4 Å². The molecule has 0 aliphatic rings. The minimum atomic E-state index is 0.786. The van der Waals surface area contributed by atoms with Crippen LogP contribution in [0.15, 0.2) is 109 Å². The van der Waals surface area contributed by atoms with Crippen molar-refractivity contribution < 1.29 is 0 Å². The SMILES string of the molecule is Cc1ccccc1NCCN(CCNc1ccccc1)c1ccccc1CNc1ccccc1. The summed E-state index contributed by atoms with van der Waals surface area (Å²) >= 11 is 0. The minimum absolute atomic E-state index is 0.786. The lowest BCUT2D eigenvalue weighted by Gasteiger charge is -2.28. The van der Waals surface area contributed by atoms with Crippen molar-refractivity contribution in [3.05, 3.63) is 120 Å². The van der Waals surface area contributed by atoms with E-state index in [9.17, 15) is 0 Å². The topological polar surface area (TPSA) is 39.3 Å². The molecule has 0 aliphatic carbocycles. The predicted molar refractivity (Wildman–Crippen MR) is 147 cm³/mol. The number of anilines is 4. The third-order valence-corrected chi connectivity index (χ3v) is 5.92. The molecule has 0 atom stereocenters. The molecule has 0 spiro atoms. The van der Waals surface area contributed by atoms with Crippen LogP contribution in [-0.4, -0.2) is 26.2 Å². The van der Waals surface area contributed by atoms with Crippen LogP contribution < -0.4 is 20.9 Å². The van der Waals surface area contributed by atoms with Crippen LogP contribution in [0.4, 0.5) is 22.7 Å². The van der Waals surface area contributed by atoms with Crippen molar-refractivity contribution in [3.63, 3.8) is 0 Å². The summed E-state index contributed by atoms with van der Waals surface area (Å²) < 4.78 is 0. The van der Waals surface area contributed by atoms with E-state index in [2.05, 4.69) is 125 Å². The third kappa shape index (κ3) is 6.79. The summed E-state index contributed by atoms with van der Waals surface area (Å²) in [7, 11) is 0. The van der Waals surface area contributed by atoms with Gasteiger partial charge in [-0.25, -0.2) is 0 Å². The zero-order valence-corrected chi connectivity index (χ0v) is 19.9. The van der Waals surface area contributed by atoms with Gasteiger partial charge in [-0.3, -0.25) is 0 Å². The number of benzene rings is 4. The summed E-state index contributed by atoms with van der Waals surface area (Å²) in [6.07, 6.45) is 0. The van der Waals surface area contributed by atoms with Crippen molar-refractivity contribution in [2.24, 2.45) is 0 Å². The molecule has 0 radical (unpaired) electrons. The number of hydrogen-bond acceptors (Lipinski definition) is 4. The fourth-order valence-corrected chi connectivity index (χ4v) is 4.06. The Balaban J connectivity index is 1.45. The average Bonchev–Trinajstić information content (AvgIpc) is 2.89. The van der Waals surface area contributed by atoms with E-state index in [1.165, 1.54) is 22.5 Å². The maximum absolute atomic E-state index is 3.62. The van der Waals surface area contributed by atoms with Gasteiger partial charge in [-0.1, -0.05) is 72.8 Å². The zero-order chi connectivity index (χ0) is 23.4. The maximum Gasteiger partial charge on any atom is 0.0421 e. The first kappa shape index (κ1) is 23.2. The Hall–Kier alpha value is -3.92. The van der Waals surface area contributed by atoms with Crippen LogP contribution in [0.1, 0.15) is 11.1 Å². The summed E-state index contributed by atoms with van der Waals surface area (Å²) in [5.74, 6) is 0. The number of nitrogens with zero attached hydrogens (tertiary/aromatic N) is 1. The van der Waals surface area contributed by atoms with E-state index in [1.54, 1.807) is 0 Å². The molecule has 0 aliphatic heterocycles. The van der Waals surface area contributed by atoms with E-state index < -0.39 is 0 Å². The number of aryl methyl sites for hydroxylation is 1. The minimum Gasteiger partial charge on any atom is -0.383 e. The quantitative estimate of drug-likeness (QED) is 0.226. The number of hydrogen-bond donors (Lipinski definition) is 3. The van der Waals surface area contributed by atoms with Crippen LogP contribution in [0.2, 0.25) is 0 Å². The van der Waals surface area contributed by atoms with E-state index in [0.717, 1.165) is 44.1 Å². The van der Waals surface area contributed by atoms with Gasteiger partial charge in [0.25, 0.3) is 0 Å². The molecule has 3 N–H and O–H groups in total. The molecular weight excluding hydrogens is 416 g/mol. The fraction of sp³-hybridized carbons (Fsp3) is 0.200. The number of nitrogens with one attached hydrogen (secondary N) is 3. The van der Waals surface area contributed by atoms with Crippen molar-refractivity contribution in [1.29, 1.82) is 0 Å². The van der Waals surface area contributed by atoms with Crippen LogP contribution >= 0.6 is 0 Å². The first-order valence-electron chi connectivity index (χ1n) is 12.0. The molecular formula is C30H34N4. The van der Waals surface area contributed by atoms with Crippen molar-refractivity contribution in [2.75, 3.05) is 47.0 Å². The molecule has 0 fully saturated rings. The zero-order valence-electron chi connectivity index (χ0n) is 19.9. The molecule has 174 valence electrons. The average molecular weight is 451 g/mol. The lowest BCUT2D eigenvalue weighted by molar-refractivity contribution is 0.804. The second-order valence-corrected chi connectivity index (χ2v) is 8.37. The van der Waals surface area contributed by atoms with E-state index in [4.69, 9.17) is 0 Å². The molecule has 4 rings (SSSR count). The van der Waals surface area contributed by atoms with Crippen LogP contribution in [0.25, 0.3) is 0 Å². The Kier molecular flexibility index (Phi) is 8.45. The molecule has 0 saturated heterocycles. The van der Waals surface area contributed by atoms with Crippen LogP contribution in [0.5, 0.6) is 0 Å². The molecule has 4 aromatic rings. The molecule has 0 aromatic heterocycles. The monoisotopic (exact) mass is 450 g/mol. The Bertz CT molecular complexity index is 1130. The Morgan fingerprint density at radius 2 is 1.12 bits per heavy atom. The molecule has 4 nitrogen and oxygen atoms in total. The van der Waals surface area contributed by atoms with E-state index in [-0.39, 0.29) is 0 Å². The molecule has 0 bridgehead atoms. The summed E-state index contributed by atoms with van der Waals surface area (Å²) in [6.45, 7) is 6.49. The van der Waals surface area contributed by atoms with Gasteiger partial charge in [0.1, 0.15) is 0 Å². The lowest BCUT2D eigenvalue weighted by atomic mass is 10.1. The van der Waals surface area contributed by atoms with Gasteiger partial charge in [0, 0.05) is 55.5 Å². The van der Waals surface area contributed by atoms with Gasteiger partial charge < -0.3 is 20.9 Å². The van der Waals surface area contributed by atoms with Gasteiger partial charge in [-0.15, -0.1) is 0 Å². The van der Waals surface area contributed by atoms with Crippen LogP contribution in [0, 0.1) is 6.92 Å². The summed E-state index contributed by atoms with van der Waals surface area (Å²) in [6, 6.07) is 38.0. The fourth-order valence-electron chi connectivity index (χ4n) is 4.06. The molecule has 34 heavy (non-hydrogen) atoms. The molecule has 0 amide bonds. The van der Waals surface area contributed by atoms with Crippen LogP contribution in [0.3, 0.4) is 0 Å². The highest BCUT2D eigenvalue weighted by Crippen LogP contribution is 2.22. The first-order chi connectivity index (χ1) is 16.8. The summed E-state index contributed by atoms with van der Waals surface area (Å²) in [5, 5.41) is 10.8. The van der Waals surface area contributed by atoms with Crippen molar-refractivity contribution in [3.8, 4) is 0 Å². The molecule has 4 aromatic carbocycles. The lowest BCUT2D eigenvalue weighted by Crippen LogP contribution is -2.34. The van der Waals surface area contributed by atoms with Gasteiger partial charge >= 0.3 is 0 Å². The molecule has 0 saturated carbocycles. The smallest absolute Gasteiger partial charge is 0.0421 e. The third-order valence-electron chi connectivity index (χ3n) is 5.92. The Labute approximate surface area is 203 Å². The maximum atomic E-state index is 3.62. The largest absolute Gasteiger partial charge is 0.383 e. The van der Waals surface area contributed by atoms with Crippen LogP contribution in [-0.2, 0) is 6.54 Å². The van der Waals surface area contributed by atoms with Gasteiger partial charge in [0.05, 0.1) is 0 Å². The second-order valence-electron chi connectivity index (χ2n) is 8.37. The van der Waals surface area contributed by atoms with Crippen molar-refractivity contribution in [2.45, 2.75) is 13.5 Å². The van der Waals surface area contributed by atoms with Crippen molar-refractivity contribution in [1.82, 2.24) is 0 Å². The first-order valence-corrected chi connectivity index (χ1v) is 12.0. The highest BCUT2D eigenvalue weighted by Gasteiger charge is 2.11. The van der Waals surface area contributed by atoms with Crippen molar-refractivity contribution >= 4 is 22.7 Å². The number of para-hydroxylation sites is 4. The molecule has 4 heteroatoms. The van der Waals surface area contributed by atoms with Gasteiger partial charge in [-0.2, -0.15) is 0 Å². The summed E-state index contributed by atoms with van der Waals surface area (Å²) in [5.41, 5.74) is 7.32. The standard InChI is InChI=1S/C30H34N4/c1-25-12-8-10-18-29(25)32-21-23-34(22-20-31-27-14-4-2-5-15-27)30-19-11-9-13-26(30)24-33-28-16-6-3-7-17-28/h2-19,31-33H,20-24H2,1H3. The van der Waals surface area contributed by atoms with Gasteiger partial charge in [0.2, 0.25) is 0 Å². The normalized spacial score (nSPS) is 10.5. The van der Waals surface area contributed by atoms with E-state index in [1.807, 2.05) is 12.1 Å². The Morgan fingerprint density at radius 1 is 0.559 bits per heavy atom. The molecule has 0 unspecified atom stereocenters. The van der Waals surface area contributed by atoms with E-state index >= 15 is 0 Å². The predicted octanol–water partition coefficient (Wildman–Crippen LogP) is 6.64. The highest BCUT2D eigenvalue weighted by atomic mass is 15.2. The highest BCUT2D eigenvalue weighted by molar-refractivity contribution is 5.57. The van der Waals surface area contributed by atoms with Gasteiger partial charge in [0.15, 0.2) is 0 Å². The molecule has 0 heterocycles. The summed E-state index contributed by atoms with van der Waals surface area (Å²) in [4.78, 5) is 2.48. The number of rotatable bonds is 12. The second kappa shape index (κ2) is 12.4.